The zero-order valence-electron chi connectivity index (χ0n) is 19.5. The van der Waals surface area contributed by atoms with Gasteiger partial charge in [0.05, 0.1) is 15.2 Å². The zero-order chi connectivity index (χ0) is 25.2. The van der Waals surface area contributed by atoms with E-state index >= 15 is 0 Å². The van der Waals surface area contributed by atoms with Gasteiger partial charge in [-0.05, 0) is 47.4 Å². The normalized spacial score (nSPS) is 15.8. The molecular formula is C25H27F2NO5Si. The Kier molecular flexibility index (Phi) is 7.35. The number of benzene rings is 2. The first-order valence-electron chi connectivity index (χ1n) is 10.8. The Morgan fingerprint density at radius 1 is 1.12 bits per heavy atom. The lowest BCUT2D eigenvalue weighted by Crippen LogP contribution is -2.44. The van der Waals surface area contributed by atoms with Crippen molar-refractivity contribution < 1.29 is 33.0 Å². The van der Waals surface area contributed by atoms with Gasteiger partial charge in [-0.3, -0.25) is 9.59 Å². The van der Waals surface area contributed by atoms with Crippen LogP contribution in [0.15, 0.2) is 42.5 Å². The molecule has 3 rings (SSSR count). The van der Waals surface area contributed by atoms with E-state index in [1.54, 1.807) is 18.2 Å². The van der Waals surface area contributed by atoms with Crippen LogP contribution in [0, 0.1) is 11.6 Å². The van der Waals surface area contributed by atoms with Crippen molar-refractivity contribution in [1.82, 2.24) is 4.90 Å². The molecular weight excluding hydrogens is 460 g/mol. The van der Waals surface area contributed by atoms with Gasteiger partial charge in [0.15, 0.2) is 5.78 Å². The number of amides is 1. The second-order valence-electron chi connectivity index (χ2n) is 9.25. The number of hydrogen-bond donors (Lipinski definition) is 1. The van der Waals surface area contributed by atoms with Crippen LogP contribution in [-0.2, 0) is 27.2 Å². The second kappa shape index (κ2) is 9.88. The summed E-state index contributed by atoms with van der Waals surface area (Å²) in [5.74, 6) is -3.09. The number of fused-ring (bicyclic) bond motifs is 1. The number of carbonyl (C=O) groups is 3. The van der Waals surface area contributed by atoms with Crippen LogP contribution < -0.4 is 9.92 Å². The van der Waals surface area contributed by atoms with Crippen LogP contribution in [0.5, 0.6) is 5.75 Å². The lowest BCUT2D eigenvalue weighted by Gasteiger charge is -2.36. The minimum atomic E-state index is -2.27. The van der Waals surface area contributed by atoms with E-state index in [1.807, 2.05) is 19.6 Å². The van der Waals surface area contributed by atoms with E-state index < -0.39 is 43.4 Å². The first-order valence-corrected chi connectivity index (χ1v) is 14.3. The number of nitrogens with zero attached hydrogens (tertiary/aromatic N) is 1. The number of carbonyl (C=O) groups excluding carboxylic acids is 2. The van der Waals surface area contributed by atoms with Gasteiger partial charge in [-0.25, -0.2) is 13.6 Å². The van der Waals surface area contributed by atoms with Crippen LogP contribution in [0.4, 0.5) is 8.78 Å². The molecule has 34 heavy (non-hydrogen) atoms. The molecule has 0 aliphatic carbocycles. The van der Waals surface area contributed by atoms with E-state index in [-0.39, 0.29) is 23.7 Å². The molecule has 1 N–H and O–H groups in total. The standard InChI is InChI=1S/C25H27F2NO5Si/c1-33-17-5-6-18-16(14-17)9-10-28(22(30)7-8-23(31)32)24(18)21(29)13-15-11-19(26)25(20(27)12-15)34(2,3)4/h5-8,11-12,14,24H,9-10,13H2,1-4H3,(H,31,32)/b8-7-/t24-/m1/s1. The van der Waals surface area contributed by atoms with E-state index in [0.29, 0.717) is 23.8 Å². The summed E-state index contributed by atoms with van der Waals surface area (Å²) in [7, 11) is -0.753. The Balaban J connectivity index is 1.99. The van der Waals surface area contributed by atoms with Crippen molar-refractivity contribution in [3.05, 3.63) is 70.8 Å². The summed E-state index contributed by atoms with van der Waals surface area (Å²) in [5, 5.41) is 8.95. The van der Waals surface area contributed by atoms with Gasteiger partial charge < -0.3 is 14.7 Å². The smallest absolute Gasteiger partial charge is 0.328 e. The Bertz CT molecular complexity index is 1150. The van der Waals surface area contributed by atoms with Gasteiger partial charge in [-0.2, -0.15) is 0 Å². The Morgan fingerprint density at radius 2 is 1.76 bits per heavy atom. The molecule has 6 nitrogen and oxygen atoms in total. The summed E-state index contributed by atoms with van der Waals surface area (Å²) in [6.45, 7) is 5.68. The predicted molar refractivity (Wildman–Crippen MR) is 126 cm³/mol. The lowest BCUT2D eigenvalue weighted by molar-refractivity contribution is -0.137. The molecule has 0 saturated carbocycles. The van der Waals surface area contributed by atoms with Crippen LogP contribution in [-0.4, -0.2) is 49.4 Å². The quantitative estimate of drug-likeness (QED) is 0.478. The van der Waals surface area contributed by atoms with Crippen molar-refractivity contribution >= 4 is 30.9 Å². The molecule has 9 heteroatoms. The van der Waals surface area contributed by atoms with Gasteiger partial charge >= 0.3 is 5.97 Å². The predicted octanol–water partition coefficient (Wildman–Crippen LogP) is 3.40. The van der Waals surface area contributed by atoms with Gasteiger partial charge in [-0.15, -0.1) is 0 Å². The Morgan fingerprint density at radius 3 is 2.32 bits per heavy atom. The number of halogens is 2. The largest absolute Gasteiger partial charge is 0.497 e. The molecule has 0 spiro atoms. The fourth-order valence-electron chi connectivity index (χ4n) is 4.30. The number of rotatable bonds is 7. The third-order valence-electron chi connectivity index (χ3n) is 5.77. The van der Waals surface area contributed by atoms with Crippen LogP contribution in [0.1, 0.15) is 22.7 Å². The summed E-state index contributed by atoms with van der Waals surface area (Å²) in [6.07, 6.45) is 1.77. The van der Waals surface area contributed by atoms with E-state index in [0.717, 1.165) is 11.6 Å². The average Bonchev–Trinajstić information content (AvgIpc) is 2.74. The summed E-state index contributed by atoms with van der Waals surface area (Å²) < 4.78 is 34.7. The maximum atomic E-state index is 14.7. The van der Waals surface area contributed by atoms with Gasteiger partial charge in [-0.1, -0.05) is 25.7 Å². The third kappa shape index (κ3) is 5.41. The highest BCUT2D eigenvalue weighted by Gasteiger charge is 2.35. The summed E-state index contributed by atoms with van der Waals surface area (Å²) in [6, 6.07) is 6.48. The van der Waals surface area contributed by atoms with Crippen LogP contribution >= 0.6 is 0 Å². The molecule has 0 unspecified atom stereocenters. The molecule has 0 bridgehead atoms. The topological polar surface area (TPSA) is 83.9 Å². The number of Topliss-reactive ketones (excluding diaryl/α,β-unsaturated/α-hetero) is 1. The third-order valence-corrected chi connectivity index (χ3v) is 7.74. The highest BCUT2D eigenvalue weighted by atomic mass is 28.3. The SMILES string of the molecule is COc1ccc2c(c1)CCN(C(=O)/C=C\C(=O)O)[C@H]2C(=O)Cc1cc(F)c([Si](C)(C)C)c(F)c1. The fraction of sp³-hybridized carbons (Fsp3) is 0.320. The van der Waals surface area contributed by atoms with E-state index in [1.165, 1.54) is 24.1 Å². The second-order valence-corrected chi connectivity index (χ2v) is 14.2. The molecule has 0 saturated heterocycles. The first kappa shape index (κ1) is 25.3. The Hall–Kier alpha value is -3.33. The molecule has 2 aromatic rings. The van der Waals surface area contributed by atoms with Crippen LogP contribution in [0.3, 0.4) is 0 Å². The number of carboxylic acid groups (broad SMARTS) is 1. The van der Waals surface area contributed by atoms with Crippen molar-refractivity contribution in [2.75, 3.05) is 13.7 Å². The van der Waals surface area contributed by atoms with Crippen molar-refractivity contribution in [2.45, 2.75) is 38.5 Å². The molecule has 0 fully saturated rings. The fourth-order valence-corrected chi connectivity index (χ4v) is 5.87. The summed E-state index contributed by atoms with van der Waals surface area (Å²) in [5.41, 5.74) is 1.57. The van der Waals surface area contributed by atoms with Crippen molar-refractivity contribution in [2.24, 2.45) is 0 Å². The van der Waals surface area contributed by atoms with Crippen LogP contribution in [0.2, 0.25) is 19.6 Å². The molecule has 0 aromatic heterocycles. The number of hydrogen-bond acceptors (Lipinski definition) is 4. The van der Waals surface area contributed by atoms with E-state index in [9.17, 15) is 23.2 Å². The van der Waals surface area contributed by atoms with Crippen molar-refractivity contribution in [3.8, 4) is 5.75 Å². The van der Waals surface area contributed by atoms with E-state index in [2.05, 4.69) is 0 Å². The molecule has 1 heterocycles. The summed E-state index contributed by atoms with van der Waals surface area (Å²) in [4.78, 5) is 38.3. The number of carboxylic acids is 1. The van der Waals surface area contributed by atoms with Gasteiger partial charge in [0, 0.05) is 30.3 Å². The minimum Gasteiger partial charge on any atom is -0.497 e. The maximum Gasteiger partial charge on any atom is 0.328 e. The lowest BCUT2D eigenvalue weighted by atomic mass is 9.87. The highest BCUT2D eigenvalue weighted by Crippen LogP contribution is 2.34. The van der Waals surface area contributed by atoms with Gasteiger partial charge in [0.1, 0.15) is 23.4 Å². The Labute approximate surface area is 197 Å². The van der Waals surface area contributed by atoms with Gasteiger partial charge in [0.2, 0.25) is 5.91 Å². The monoisotopic (exact) mass is 487 g/mol. The first-order chi connectivity index (χ1) is 15.9. The molecule has 180 valence electrons. The molecule has 1 aliphatic rings. The van der Waals surface area contributed by atoms with Crippen molar-refractivity contribution in [1.29, 1.82) is 0 Å². The molecule has 1 amide bonds. The maximum absolute atomic E-state index is 14.7. The zero-order valence-corrected chi connectivity index (χ0v) is 20.5. The number of ether oxygens (including phenoxy) is 1. The molecule has 1 atom stereocenters. The van der Waals surface area contributed by atoms with E-state index in [4.69, 9.17) is 9.84 Å². The van der Waals surface area contributed by atoms with Crippen LogP contribution in [0.25, 0.3) is 0 Å². The highest BCUT2D eigenvalue weighted by molar-refractivity contribution is 6.88. The molecule has 2 aromatic carbocycles. The summed E-state index contributed by atoms with van der Waals surface area (Å²) >= 11 is 0. The average molecular weight is 488 g/mol. The number of ketones is 1. The van der Waals surface area contributed by atoms with Crippen molar-refractivity contribution in [3.63, 3.8) is 0 Å². The van der Waals surface area contributed by atoms with Gasteiger partial charge in [0.25, 0.3) is 0 Å². The number of aliphatic carboxylic acids is 1. The molecule has 0 radical (unpaired) electrons. The number of methoxy groups -OCH3 is 1. The molecule has 1 aliphatic heterocycles. The minimum absolute atomic E-state index is 0.0782.